The van der Waals surface area contributed by atoms with E-state index in [2.05, 4.69) is 11.0 Å². The van der Waals surface area contributed by atoms with Gasteiger partial charge < -0.3 is 15.7 Å². The highest BCUT2D eigenvalue weighted by Crippen LogP contribution is 2.26. The zero-order chi connectivity index (χ0) is 11.5. The Labute approximate surface area is 94.7 Å². The Kier molecular flexibility index (Phi) is 3.10. The first-order chi connectivity index (χ1) is 7.68. The first kappa shape index (κ1) is 11.0. The first-order valence-electron chi connectivity index (χ1n) is 5.49. The number of hydrogen-bond acceptors (Lipinski definition) is 3. The van der Waals surface area contributed by atoms with E-state index in [1.54, 1.807) is 0 Å². The smallest absolute Gasteiger partial charge is 0.322 e. The quantitative estimate of drug-likeness (QED) is 0.792. The molecule has 0 saturated carbocycles. The van der Waals surface area contributed by atoms with Gasteiger partial charge in [-0.25, -0.2) is 0 Å². The number of carbonyl (C=O) groups is 1. The number of rotatable bonds is 3. The highest BCUT2D eigenvalue weighted by atomic mass is 16.4. The van der Waals surface area contributed by atoms with E-state index in [-0.39, 0.29) is 0 Å². The van der Waals surface area contributed by atoms with E-state index < -0.39 is 12.0 Å². The van der Waals surface area contributed by atoms with E-state index in [9.17, 15) is 4.79 Å². The number of carboxylic acid groups (broad SMARTS) is 1. The van der Waals surface area contributed by atoms with Crippen LogP contribution in [0, 0.1) is 0 Å². The van der Waals surface area contributed by atoms with Crippen LogP contribution in [-0.4, -0.2) is 30.2 Å². The van der Waals surface area contributed by atoms with Gasteiger partial charge in [0.2, 0.25) is 0 Å². The second-order valence-electron chi connectivity index (χ2n) is 4.12. The zero-order valence-electron chi connectivity index (χ0n) is 9.10. The third-order valence-corrected chi connectivity index (χ3v) is 2.94. The van der Waals surface area contributed by atoms with Crippen molar-refractivity contribution in [3.05, 3.63) is 29.8 Å². The van der Waals surface area contributed by atoms with Gasteiger partial charge in [-0.15, -0.1) is 0 Å². The molecule has 0 amide bonds. The number of carboxylic acids is 1. The van der Waals surface area contributed by atoms with Crippen LogP contribution < -0.4 is 10.6 Å². The van der Waals surface area contributed by atoms with Gasteiger partial charge in [0, 0.05) is 18.8 Å². The number of para-hydroxylation sites is 1. The molecule has 1 heterocycles. The van der Waals surface area contributed by atoms with Crippen molar-refractivity contribution in [3.8, 4) is 0 Å². The minimum absolute atomic E-state index is 0.381. The average Bonchev–Trinajstić information content (AvgIpc) is 2.29. The lowest BCUT2D eigenvalue weighted by molar-refractivity contribution is -0.138. The summed E-state index contributed by atoms with van der Waals surface area (Å²) in [6, 6.07) is 7.30. The van der Waals surface area contributed by atoms with Crippen LogP contribution >= 0.6 is 0 Å². The number of anilines is 1. The third kappa shape index (κ3) is 2.17. The fraction of sp³-hybridized carbons (Fsp3) is 0.417. The molecule has 1 atom stereocenters. The number of hydrogen-bond donors (Lipinski definition) is 2. The summed E-state index contributed by atoms with van der Waals surface area (Å²) in [6.45, 7) is 1.27. The van der Waals surface area contributed by atoms with Gasteiger partial charge in [0.1, 0.15) is 6.04 Å². The predicted octanol–water partition coefficient (Wildman–Crippen LogP) is 0.851. The van der Waals surface area contributed by atoms with Crippen LogP contribution in [0.5, 0.6) is 0 Å². The predicted molar refractivity (Wildman–Crippen MR) is 62.6 cm³/mol. The molecule has 4 nitrogen and oxygen atoms in total. The standard InChI is InChI=1S/C12H16N2O2/c13-10(12(15)16)8-14-7-3-5-9-4-1-2-6-11(9)14/h1-2,4,6,10H,3,5,7-8,13H2,(H,15,16)/t10-/m0/s1. The molecular weight excluding hydrogens is 204 g/mol. The molecule has 1 aromatic carbocycles. The monoisotopic (exact) mass is 220 g/mol. The molecule has 0 fully saturated rings. The number of nitrogens with zero attached hydrogens (tertiary/aromatic N) is 1. The first-order valence-corrected chi connectivity index (χ1v) is 5.49. The van der Waals surface area contributed by atoms with Crippen molar-refractivity contribution in [2.45, 2.75) is 18.9 Å². The molecular formula is C12H16N2O2. The number of nitrogens with two attached hydrogens (primary N) is 1. The zero-order valence-corrected chi connectivity index (χ0v) is 9.10. The van der Waals surface area contributed by atoms with Crippen molar-refractivity contribution in [3.63, 3.8) is 0 Å². The van der Waals surface area contributed by atoms with E-state index in [0.717, 1.165) is 25.1 Å². The maximum Gasteiger partial charge on any atom is 0.322 e. The minimum Gasteiger partial charge on any atom is -0.480 e. The van der Waals surface area contributed by atoms with Crippen molar-refractivity contribution in [1.29, 1.82) is 0 Å². The molecule has 0 saturated heterocycles. The molecule has 0 radical (unpaired) electrons. The lowest BCUT2D eigenvalue weighted by Crippen LogP contribution is -2.44. The average molecular weight is 220 g/mol. The minimum atomic E-state index is -0.942. The van der Waals surface area contributed by atoms with Crippen LogP contribution in [0.15, 0.2) is 24.3 Å². The lowest BCUT2D eigenvalue weighted by atomic mass is 10.0. The number of aryl methyl sites for hydroxylation is 1. The molecule has 4 heteroatoms. The van der Waals surface area contributed by atoms with Crippen LogP contribution in [0.3, 0.4) is 0 Å². The fourth-order valence-corrected chi connectivity index (χ4v) is 2.12. The van der Waals surface area contributed by atoms with Crippen molar-refractivity contribution in [1.82, 2.24) is 0 Å². The largest absolute Gasteiger partial charge is 0.480 e. The summed E-state index contributed by atoms with van der Waals surface area (Å²) in [5.41, 5.74) is 7.98. The summed E-state index contributed by atoms with van der Waals surface area (Å²) in [7, 11) is 0. The number of benzene rings is 1. The van der Waals surface area contributed by atoms with E-state index in [4.69, 9.17) is 10.8 Å². The van der Waals surface area contributed by atoms with Crippen LogP contribution in [0.4, 0.5) is 5.69 Å². The molecule has 0 aromatic heterocycles. The molecule has 0 bridgehead atoms. The second kappa shape index (κ2) is 4.53. The summed E-state index contributed by atoms with van der Waals surface area (Å²) < 4.78 is 0. The van der Waals surface area contributed by atoms with Gasteiger partial charge in [-0.05, 0) is 24.5 Å². The molecule has 2 rings (SSSR count). The Hall–Kier alpha value is -1.55. The van der Waals surface area contributed by atoms with Crippen molar-refractivity contribution in [2.24, 2.45) is 5.73 Å². The summed E-state index contributed by atoms with van der Waals surface area (Å²) in [5.74, 6) is -0.942. The van der Waals surface area contributed by atoms with Crippen LogP contribution in [0.25, 0.3) is 0 Å². The molecule has 0 unspecified atom stereocenters. The van der Waals surface area contributed by atoms with Gasteiger partial charge in [-0.2, -0.15) is 0 Å². The van der Waals surface area contributed by atoms with Crippen LogP contribution in [0.2, 0.25) is 0 Å². The highest BCUT2D eigenvalue weighted by molar-refractivity contribution is 5.74. The Morgan fingerprint density at radius 3 is 3.00 bits per heavy atom. The third-order valence-electron chi connectivity index (χ3n) is 2.94. The van der Waals surface area contributed by atoms with E-state index >= 15 is 0 Å². The van der Waals surface area contributed by atoms with E-state index in [1.165, 1.54) is 5.56 Å². The molecule has 3 N–H and O–H groups in total. The van der Waals surface area contributed by atoms with Gasteiger partial charge in [-0.1, -0.05) is 18.2 Å². The van der Waals surface area contributed by atoms with E-state index in [1.807, 2.05) is 18.2 Å². The second-order valence-corrected chi connectivity index (χ2v) is 4.12. The van der Waals surface area contributed by atoms with E-state index in [0.29, 0.717) is 6.54 Å². The molecule has 1 aromatic rings. The van der Waals surface area contributed by atoms with Crippen LogP contribution in [0.1, 0.15) is 12.0 Å². The number of aliphatic carboxylic acids is 1. The van der Waals surface area contributed by atoms with Gasteiger partial charge >= 0.3 is 5.97 Å². The maximum absolute atomic E-state index is 10.7. The van der Waals surface area contributed by atoms with Gasteiger partial charge in [0.15, 0.2) is 0 Å². The Morgan fingerprint density at radius 2 is 2.25 bits per heavy atom. The van der Waals surface area contributed by atoms with Gasteiger partial charge in [0.05, 0.1) is 0 Å². The molecule has 86 valence electrons. The molecule has 0 spiro atoms. The van der Waals surface area contributed by atoms with Gasteiger partial charge in [-0.3, -0.25) is 4.79 Å². The summed E-state index contributed by atoms with van der Waals surface area (Å²) in [6.07, 6.45) is 2.12. The summed E-state index contributed by atoms with van der Waals surface area (Å²) >= 11 is 0. The normalized spacial score (nSPS) is 16.7. The van der Waals surface area contributed by atoms with Crippen LogP contribution in [-0.2, 0) is 11.2 Å². The SMILES string of the molecule is N[C@@H](CN1CCCc2ccccc21)C(=O)O. The van der Waals surface area contributed by atoms with Crippen molar-refractivity contribution >= 4 is 11.7 Å². The highest BCUT2D eigenvalue weighted by Gasteiger charge is 2.21. The Morgan fingerprint density at radius 1 is 1.50 bits per heavy atom. The summed E-state index contributed by atoms with van der Waals surface area (Å²) in [4.78, 5) is 12.8. The topological polar surface area (TPSA) is 66.6 Å². The lowest BCUT2D eigenvalue weighted by Gasteiger charge is -2.32. The Bertz CT molecular complexity index is 392. The maximum atomic E-state index is 10.7. The molecule has 1 aliphatic rings. The fourth-order valence-electron chi connectivity index (χ4n) is 2.12. The Balaban J connectivity index is 2.16. The van der Waals surface area contributed by atoms with Crippen molar-refractivity contribution < 1.29 is 9.90 Å². The van der Waals surface area contributed by atoms with Crippen molar-refractivity contribution in [2.75, 3.05) is 18.0 Å². The molecule has 16 heavy (non-hydrogen) atoms. The summed E-state index contributed by atoms with van der Waals surface area (Å²) in [5, 5.41) is 8.81. The number of fused-ring (bicyclic) bond motifs is 1. The molecule has 0 aliphatic carbocycles. The van der Waals surface area contributed by atoms with Gasteiger partial charge in [0.25, 0.3) is 0 Å². The molecule has 1 aliphatic heterocycles.